The van der Waals surface area contributed by atoms with Crippen molar-refractivity contribution in [3.8, 4) is 0 Å². The molecule has 1 atom stereocenters. The van der Waals surface area contributed by atoms with Gasteiger partial charge in [0.15, 0.2) is 0 Å². The van der Waals surface area contributed by atoms with Gasteiger partial charge in [0.05, 0.1) is 4.88 Å². The van der Waals surface area contributed by atoms with E-state index >= 15 is 0 Å². The molecule has 0 spiro atoms. The molecule has 0 aromatic carbocycles. The summed E-state index contributed by atoms with van der Waals surface area (Å²) in [7, 11) is 5.92. The monoisotopic (exact) mass is 387 g/mol. The summed E-state index contributed by atoms with van der Waals surface area (Å²) < 4.78 is 0. The van der Waals surface area contributed by atoms with Crippen LogP contribution in [-0.2, 0) is 6.54 Å². The van der Waals surface area contributed by atoms with Gasteiger partial charge < -0.3 is 15.5 Å². The average molecular weight is 388 g/mol. The summed E-state index contributed by atoms with van der Waals surface area (Å²) in [6.07, 6.45) is 4.14. The van der Waals surface area contributed by atoms with E-state index in [0.717, 1.165) is 36.8 Å². The Kier molecular flexibility index (Phi) is 6.82. The summed E-state index contributed by atoms with van der Waals surface area (Å²) in [6.45, 7) is 3.46. The van der Waals surface area contributed by atoms with Crippen molar-refractivity contribution in [2.45, 2.75) is 25.4 Å². The van der Waals surface area contributed by atoms with E-state index in [2.05, 4.69) is 37.6 Å². The highest BCUT2D eigenvalue weighted by Crippen LogP contribution is 2.37. The van der Waals surface area contributed by atoms with Gasteiger partial charge in [0.25, 0.3) is 5.91 Å². The zero-order valence-electron chi connectivity index (χ0n) is 16.4. The molecule has 1 amide bonds. The van der Waals surface area contributed by atoms with Gasteiger partial charge in [-0.25, -0.2) is 4.98 Å². The highest BCUT2D eigenvalue weighted by molar-refractivity contribution is 7.14. The fraction of sp³-hybridized carbons (Fsp3) is 0.500. The topological polar surface area (TPSA) is 60.5 Å². The number of carbonyl (C=O) groups is 1. The van der Waals surface area contributed by atoms with Crippen LogP contribution in [0.25, 0.3) is 0 Å². The number of hydrogen-bond donors (Lipinski definition) is 2. The Morgan fingerprint density at radius 1 is 1.37 bits per heavy atom. The van der Waals surface area contributed by atoms with Gasteiger partial charge in [-0.05, 0) is 51.7 Å². The predicted molar refractivity (Wildman–Crippen MR) is 111 cm³/mol. The second kappa shape index (κ2) is 9.30. The van der Waals surface area contributed by atoms with E-state index in [1.165, 1.54) is 16.9 Å². The number of nitrogens with zero attached hydrogens (tertiary/aromatic N) is 3. The Hall–Kier alpha value is -1.96. The second-order valence-electron chi connectivity index (χ2n) is 7.15. The van der Waals surface area contributed by atoms with Gasteiger partial charge in [0.2, 0.25) is 0 Å². The molecule has 1 aliphatic heterocycles. The molecule has 146 valence electrons. The normalized spacial score (nSPS) is 17.4. The molecule has 1 fully saturated rings. The molecule has 3 heterocycles. The molecule has 27 heavy (non-hydrogen) atoms. The largest absolute Gasteiger partial charge is 0.373 e. The van der Waals surface area contributed by atoms with Crippen LogP contribution in [0.15, 0.2) is 30.5 Å². The maximum atomic E-state index is 12.4. The van der Waals surface area contributed by atoms with Crippen LogP contribution in [0.1, 0.15) is 39.0 Å². The Morgan fingerprint density at radius 3 is 3.00 bits per heavy atom. The minimum atomic E-state index is 0.0300. The third-order valence-corrected chi connectivity index (χ3v) is 6.07. The minimum Gasteiger partial charge on any atom is -0.373 e. The Labute approximate surface area is 165 Å². The van der Waals surface area contributed by atoms with Crippen LogP contribution in [0.2, 0.25) is 0 Å². The van der Waals surface area contributed by atoms with Gasteiger partial charge in [-0.15, -0.1) is 11.3 Å². The summed E-state index contributed by atoms with van der Waals surface area (Å²) in [4.78, 5) is 23.4. The van der Waals surface area contributed by atoms with Gasteiger partial charge in [-0.3, -0.25) is 9.69 Å². The van der Waals surface area contributed by atoms with Crippen molar-refractivity contribution in [2.75, 3.05) is 46.1 Å². The summed E-state index contributed by atoms with van der Waals surface area (Å²) in [6, 6.07) is 8.58. The van der Waals surface area contributed by atoms with Gasteiger partial charge in [0.1, 0.15) is 5.82 Å². The third-order valence-electron chi connectivity index (χ3n) is 4.89. The van der Waals surface area contributed by atoms with E-state index in [0.29, 0.717) is 12.6 Å². The van der Waals surface area contributed by atoms with Crippen molar-refractivity contribution in [1.82, 2.24) is 20.1 Å². The van der Waals surface area contributed by atoms with Crippen LogP contribution >= 0.6 is 11.3 Å². The molecule has 3 rings (SSSR count). The lowest BCUT2D eigenvalue weighted by Crippen LogP contribution is -2.30. The average Bonchev–Trinajstić information content (AvgIpc) is 3.31. The number of likely N-dealkylation sites (tertiary alicyclic amines) is 1. The summed E-state index contributed by atoms with van der Waals surface area (Å²) in [5.41, 5.74) is 1.21. The van der Waals surface area contributed by atoms with E-state index in [9.17, 15) is 4.79 Å². The maximum absolute atomic E-state index is 12.4. The van der Waals surface area contributed by atoms with Crippen molar-refractivity contribution in [3.05, 3.63) is 45.8 Å². The lowest BCUT2D eigenvalue weighted by Gasteiger charge is -2.24. The van der Waals surface area contributed by atoms with Crippen LogP contribution in [0.5, 0.6) is 0 Å². The number of likely N-dealkylation sites (N-methyl/N-ethyl adjacent to an activating group) is 1. The van der Waals surface area contributed by atoms with Gasteiger partial charge >= 0.3 is 0 Å². The highest BCUT2D eigenvalue weighted by atomic mass is 32.1. The molecule has 0 unspecified atom stereocenters. The number of thiophene rings is 1. The number of nitrogens with one attached hydrogen (secondary N) is 2. The van der Waals surface area contributed by atoms with Crippen molar-refractivity contribution in [1.29, 1.82) is 0 Å². The fourth-order valence-electron chi connectivity index (χ4n) is 3.48. The molecule has 0 aliphatic carbocycles. The summed E-state index contributed by atoms with van der Waals surface area (Å²) in [5, 5.41) is 6.18. The fourth-order valence-corrected chi connectivity index (χ4v) is 4.58. The summed E-state index contributed by atoms with van der Waals surface area (Å²) >= 11 is 1.62. The highest BCUT2D eigenvalue weighted by Gasteiger charge is 2.28. The van der Waals surface area contributed by atoms with E-state index in [-0.39, 0.29) is 5.91 Å². The first kappa shape index (κ1) is 19.8. The molecule has 2 N–H and O–H groups in total. The first-order valence-electron chi connectivity index (χ1n) is 9.47. The van der Waals surface area contributed by atoms with Crippen LogP contribution in [0.4, 0.5) is 5.82 Å². The number of hydrogen-bond acceptors (Lipinski definition) is 6. The molecule has 0 radical (unpaired) electrons. The van der Waals surface area contributed by atoms with E-state index in [1.807, 2.05) is 39.5 Å². The Balaban J connectivity index is 1.65. The molecule has 6 nitrogen and oxygen atoms in total. The van der Waals surface area contributed by atoms with Gasteiger partial charge in [-0.1, -0.05) is 6.07 Å². The van der Waals surface area contributed by atoms with Crippen LogP contribution < -0.4 is 10.6 Å². The first-order chi connectivity index (χ1) is 13.1. The maximum Gasteiger partial charge on any atom is 0.261 e. The number of pyridine rings is 1. The molecule has 1 aliphatic rings. The number of anilines is 1. The molecule has 0 saturated carbocycles. The summed E-state index contributed by atoms with van der Waals surface area (Å²) in [5.74, 6) is 0.970. The molecule has 2 aromatic rings. The number of carbonyl (C=O) groups excluding carboxylic acids is 1. The Morgan fingerprint density at radius 2 is 2.22 bits per heavy atom. The molecular formula is C20H29N5OS. The smallest absolute Gasteiger partial charge is 0.261 e. The van der Waals surface area contributed by atoms with Crippen molar-refractivity contribution < 1.29 is 4.79 Å². The van der Waals surface area contributed by atoms with Crippen molar-refractivity contribution in [3.63, 3.8) is 0 Å². The van der Waals surface area contributed by atoms with Gasteiger partial charge in [-0.2, -0.15) is 0 Å². The lowest BCUT2D eigenvalue weighted by molar-refractivity contribution is 0.0955. The van der Waals surface area contributed by atoms with Gasteiger partial charge in [0, 0.05) is 49.4 Å². The number of amides is 1. The number of aromatic nitrogens is 1. The standard InChI is InChI=1S/C20H29N5OS/c1-21-19-15(6-4-10-22-19)14-25-12-5-7-16(25)17-8-9-18(27-17)20(26)23-11-13-24(2)3/h4,6,8-10,16H,5,7,11-14H2,1-3H3,(H,21,22)(H,23,26)/t16-/m1/s1. The SMILES string of the molecule is CNc1ncccc1CN1CCC[C@@H]1c1ccc(C(=O)NCCN(C)C)s1. The second-order valence-corrected chi connectivity index (χ2v) is 8.27. The van der Waals surface area contributed by atoms with Crippen LogP contribution in [0, 0.1) is 0 Å². The van der Waals surface area contributed by atoms with Crippen LogP contribution in [-0.4, -0.2) is 61.5 Å². The molecule has 2 aromatic heterocycles. The van der Waals surface area contributed by atoms with Crippen molar-refractivity contribution >= 4 is 23.1 Å². The van der Waals surface area contributed by atoms with Crippen LogP contribution in [0.3, 0.4) is 0 Å². The molecular weight excluding hydrogens is 358 g/mol. The predicted octanol–water partition coefficient (Wildman–Crippen LogP) is 2.81. The Bertz CT molecular complexity index is 760. The zero-order valence-corrected chi connectivity index (χ0v) is 17.2. The molecule has 1 saturated heterocycles. The molecule has 0 bridgehead atoms. The quantitative estimate of drug-likeness (QED) is 0.729. The zero-order chi connectivity index (χ0) is 19.2. The minimum absolute atomic E-state index is 0.0300. The lowest BCUT2D eigenvalue weighted by atomic mass is 10.1. The van der Waals surface area contributed by atoms with Crippen molar-refractivity contribution in [2.24, 2.45) is 0 Å². The first-order valence-corrected chi connectivity index (χ1v) is 10.3. The third kappa shape index (κ3) is 5.06. The molecule has 7 heteroatoms. The van der Waals surface area contributed by atoms with E-state index in [1.54, 1.807) is 11.3 Å². The van der Waals surface area contributed by atoms with E-state index < -0.39 is 0 Å². The van der Waals surface area contributed by atoms with E-state index in [4.69, 9.17) is 0 Å². The number of rotatable bonds is 8.